The zero-order chi connectivity index (χ0) is 29.1. The Morgan fingerprint density at radius 1 is 0.977 bits per heavy atom. The smallest absolute Gasteiger partial charge is 0.319 e. The molecule has 5 heterocycles. The van der Waals surface area contributed by atoms with Gasteiger partial charge in [-0.1, -0.05) is 37.3 Å². The summed E-state index contributed by atoms with van der Waals surface area (Å²) in [6.07, 6.45) is 7.39. The van der Waals surface area contributed by atoms with Crippen molar-refractivity contribution >= 4 is 33.4 Å². The van der Waals surface area contributed by atoms with Crippen LogP contribution in [0.2, 0.25) is 0 Å². The molecule has 4 aliphatic heterocycles. The number of anilines is 1. The molecule has 8 rings (SSSR count). The summed E-state index contributed by atoms with van der Waals surface area (Å²) in [5, 5.41) is 13.6. The molecule has 0 unspecified atom stereocenters. The van der Waals surface area contributed by atoms with Gasteiger partial charge in [-0.15, -0.1) is 0 Å². The van der Waals surface area contributed by atoms with Crippen LogP contribution in [-0.4, -0.2) is 81.2 Å². The predicted octanol–water partition coefficient (Wildman–Crippen LogP) is 5.75. The van der Waals surface area contributed by atoms with Crippen molar-refractivity contribution in [1.29, 1.82) is 0 Å². The number of carbonyl (C=O) groups excluding carboxylic acids is 1. The Labute approximate surface area is 252 Å². The number of rotatable bonds is 6. The number of hydrogen-bond donors (Lipinski definition) is 1. The van der Waals surface area contributed by atoms with Crippen molar-refractivity contribution in [3.63, 3.8) is 0 Å². The molecule has 0 aliphatic carbocycles. The van der Waals surface area contributed by atoms with E-state index < -0.39 is 0 Å². The van der Waals surface area contributed by atoms with E-state index in [0.29, 0.717) is 19.0 Å². The molecule has 4 saturated heterocycles. The van der Waals surface area contributed by atoms with E-state index in [0.717, 1.165) is 77.6 Å². The van der Waals surface area contributed by atoms with E-state index in [9.17, 15) is 9.90 Å². The fraction of sp³-hybridized carbons (Fsp3) is 0.457. The number of nitrogens with zero attached hydrogens (tertiary/aromatic N) is 5. The van der Waals surface area contributed by atoms with Crippen LogP contribution in [0.25, 0.3) is 32.8 Å². The summed E-state index contributed by atoms with van der Waals surface area (Å²) in [5.74, 6) is 1.39. The van der Waals surface area contributed by atoms with Crippen LogP contribution in [0.4, 0.5) is 5.82 Å². The Morgan fingerprint density at radius 2 is 1.74 bits per heavy atom. The van der Waals surface area contributed by atoms with Crippen LogP contribution < -0.4 is 9.64 Å². The topological polar surface area (TPSA) is 82.0 Å². The molecule has 1 N–H and O–H groups in total. The fourth-order valence-corrected chi connectivity index (χ4v) is 8.42. The fourth-order valence-electron chi connectivity index (χ4n) is 8.42. The maximum atomic E-state index is 12.8. The second kappa shape index (κ2) is 10.4. The maximum Gasteiger partial charge on any atom is 0.319 e. The molecule has 8 heteroatoms. The number of amides is 1. The highest BCUT2D eigenvalue weighted by Gasteiger charge is 2.45. The van der Waals surface area contributed by atoms with Crippen LogP contribution in [0.1, 0.15) is 51.9 Å². The number of aromatic hydroxyl groups is 1. The molecule has 0 spiro atoms. The van der Waals surface area contributed by atoms with E-state index >= 15 is 0 Å². The van der Waals surface area contributed by atoms with E-state index in [1.54, 1.807) is 6.07 Å². The molecule has 2 bridgehead atoms. The summed E-state index contributed by atoms with van der Waals surface area (Å²) >= 11 is 0. The van der Waals surface area contributed by atoms with Crippen molar-refractivity contribution < 1.29 is 14.6 Å². The molecule has 0 saturated carbocycles. The molecule has 43 heavy (non-hydrogen) atoms. The molecule has 1 aromatic heterocycles. The van der Waals surface area contributed by atoms with Gasteiger partial charge in [0.15, 0.2) is 0 Å². The second-order valence-corrected chi connectivity index (χ2v) is 12.9. The van der Waals surface area contributed by atoms with Crippen molar-refractivity contribution in [1.82, 2.24) is 19.8 Å². The minimum atomic E-state index is 0.103. The molecule has 4 aliphatic rings. The van der Waals surface area contributed by atoms with Gasteiger partial charge in [0.25, 0.3) is 0 Å². The van der Waals surface area contributed by atoms with E-state index in [4.69, 9.17) is 14.7 Å². The van der Waals surface area contributed by atoms with Crippen LogP contribution in [0.15, 0.2) is 54.6 Å². The first-order chi connectivity index (χ1) is 21.0. The van der Waals surface area contributed by atoms with Crippen molar-refractivity contribution in [3.8, 4) is 22.9 Å². The number of benzene rings is 3. The Hall–Kier alpha value is -3.91. The Balaban J connectivity index is 1.20. The number of aromatic nitrogens is 2. The van der Waals surface area contributed by atoms with Gasteiger partial charge in [0.05, 0.1) is 11.1 Å². The average molecular weight is 578 g/mol. The van der Waals surface area contributed by atoms with E-state index in [2.05, 4.69) is 39.0 Å². The lowest BCUT2D eigenvalue weighted by atomic mass is 9.95. The Bertz CT molecular complexity index is 1700. The highest BCUT2D eigenvalue weighted by atomic mass is 16.5. The van der Waals surface area contributed by atoms with Crippen LogP contribution in [0.3, 0.4) is 0 Å². The lowest BCUT2D eigenvalue weighted by Crippen LogP contribution is -2.56. The Kier molecular flexibility index (Phi) is 6.44. The third-order valence-electron chi connectivity index (χ3n) is 10.5. The molecular formula is C35H39N5O3. The normalized spacial score (nSPS) is 22.9. The minimum Gasteiger partial charge on any atom is -0.508 e. The van der Waals surface area contributed by atoms with E-state index in [1.807, 2.05) is 31.2 Å². The van der Waals surface area contributed by atoms with E-state index in [1.165, 1.54) is 25.7 Å². The van der Waals surface area contributed by atoms with E-state index in [-0.39, 0.29) is 29.3 Å². The van der Waals surface area contributed by atoms with Gasteiger partial charge in [-0.25, -0.2) is 0 Å². The summed E-state index contributed by atoms with van der Waals surface area (Å²) in [7, 11) is 0. The molecule has 8 nitrogen and oxygen atoms in total. The lowest BCUT2D eigenvalue weighted by Gasteiger charge is -2.42. The van der Waals surface area contributed by atoms with Crippen LogP contribution >= 0.6 is 0 Å². The first-order valence-electron chi connectivity index (χ1n) is 16.0. The van der Waals surface area contributed by atoms with Crippen LogP contribution in [-0.2, 0) is 4.79 Å². The van der Waals surface area contributed by atoms with Gasteiger partial charge in [-0.05, 0) is 97.8 Å². The standard InChI is InChI=1S/C35H39N5O3/c1-2-32(42)40-25-10-11-26(40)21-38(20-25)33-29-12-9-24(30-19-27(41)17-23-7-3-4-8-28(23)30)18-31(29)36-34(37-33)43-22-35-13-5-15-39(35)16-6-14-35/h3-4,7-9,12,17-19,25-26,41H,2,5-6,10-11,13-16,20-22H2,1H3/t25-,26+. The largest absolute Gasteiger partial charge is 0.508 e. The lowest BCUT2D eigenvalue weighted by molar-refractivity contribution is -0.134. The number of ether oxygens (including phenoxy) is 1. The van der Waals surface area contributed by atoms with Gasteiger partial charge in [0.2, 0.25) is 5.91 Å². The predicted molar refractivity (Wildman–Crippen MR) is 169 cm³/mol. The first kappa shape index (κ1) is 26.7. The second-order valence-electron chi connectivity index (χ2n) is 12.9. The minimum absolute atomic E-state index is 0.103. The van der Waals surface area contributed by atoms with Crippen molar-refractivity contribution in [2.24, 2.45) is 0 Å². The third kappa shape index (κ3) is 4.49. The number of piperazine rings is 1. The molecule has 0 radical (unpaired) electrons. The SMILES string of the molecule is CCC(=O)N1[C@@H]2CC[C@H]1CN(c1nc(OCC34CCCN3CCC4)nc3cc(-c4cc(O)cc5ccccc45)ccc13)C2. The van der Waals surface area contributed by atoms with Crippen molar-refractivity contribution in [2.45, 2.75) is 69.5 Å². The first-order valence-corrected chi connectivity index (χ1v) is 16.0. The van der Waals surface area contributed by atoms with Gasteiger partial charge in [0.1, 0.15) is 18.2 Å². The van der Waals surface area contributed by atoms with Crippen LogP contribution in [0.5, 0.6) is 11.8 Å². The number of phenolic OH excluding ortho intramolecular Hbond substituents is 1. The molecular weight excluding hydrogens is 538 g/mol. The van der Waals surface area contributed by atoms with Gasteiger partial charge in [-0.2, -0.15) is 9.97 Å². The number of phenols is 1. The van der Waals surface area contributed by atoms with Crippen LogP contribution in [0, 0.1) is 0 Å². The highest BCUT2D eigenvalue weighted by Crippen LogP contribution is 2.41. The summed E-state index contributed by atoms with van der Waals surface area (Å²) < 4.78 is 6.52. The maximum absolute atomic E-state index is 12.8. The third-order valence-corrected chi connectivity index (χ3v) is 10.5. The highest BCUT2D eigenvalue weighted by molar-refractivity contribution is 6.01. The van der Waals surface area contributed by atoms with Crippen molar-refractivity contribution in [3.05, 3.63) is 54.6 Å². The van der Waals surface area contributed by atoms with Gasteiger partial charge >= 0.3 is 6.01 Å². The number of fused-ring (bicyclic) bond motifs is 5. The zero-order valence-corrected chi connectivity index (χ0v) is 24.8. The average Bonchev–Trinajstić information content (AvgIpc) is 3.69. The molecule has 3 aromatic carbocycles. The quantitative estimate of drug-likeness (QED) is 0.312. The summed E-state index contributed by atoms with van der Waals surface area (Å²) in [6.45, 7) is 6.40. The molecule has 4 fully saturated rings. The monoisotopic (exact) mass is 577 g/mol. The zero-order valence-electron chi connectivity index (χ0n) is 24.8. The molecule has 2 atom stereocenters. The molecule has 4 aromatic rings. The number of hydrogen-bond acceptors (Lipinski definition) is 7. The van der Waals surface area contributed by atoms with Crippen molar-refractivity contribution in [2.75, 3.05) is 37.7 Å². The summed E-state index contributed by atoms with van der Waals surface area (Å²) in [4.78, 5) is 29.9. The molecule has 222 valence electrons. The van der Waals surface area contributed by atoms with Gasteiger partial charge in [0, 0.05) is 37.0 Å². The summed E-state index contributed by atoms with van der Waals surface area (Å²) in [6, 6.07) is 18.9. The summed E-state index contributed by atoms with van der Waals surface area (Å²) in [5.41, 5.74) is 2.89. The Morgan fingerprint density at radius 3 is 2.51 bits per heavy atom. The molecule has 1 amide bonds. The van der Waals surface area contributed by atoms with Gasteiger partial charge < -0.3 is 19.6 Å². The van der Waals surface area contributed by atoms with Gasteiger partial charge in [-0.3, -0.25) is 9.69 Å². The number of carbonyl (C=O) groups is 1.